The highest BCUT2D eigenvalue weighted by molar-refractivity contribution is 5.77. The number of rotatable bonds is 6. The minimum Gasteiger partial charge on any atom is -0.491 e. The number of alkyl halides is 3. The van der Waals surface area contributed by atoms with Gasteiger partial charge in [-0.1, -0.05) is 12.6 Å². The van der Waals surface area contributed by atoms with E-state index in [9.17, 15) is 18.0 Å². The lowest BCUT2D eigenvalue weighted by molar-refractivity contribution is -0.138. The Bertz CT molecular complexity index is 1080. The Morgan fingerprint density at radius 3 is 2.46 bits per heavy atom. The second-order valence-corrected chi connectivity index (χ2v) is 9.82. The summed E-state index contributed by atoms with van der Waals surface area (Å²) < 4.78 is 48.0. The van der Waals surface area contributed by atoms with Gasteiger partial charge in [-0.15, -0.1) is 0 Å². The van der Waals surface area contributed by atoms with Crippen LogP contribution in [-0.4, -0.2) is 64.9 Å². The molecule has 0 radical (unpaired) electrons. The standard InChI is InChI=1S/C25H32F3N5O2/c1-16(2)30(5)21-9-29-33(15-21)24(34)32-13-19-11-31(12-20(19)14-32)10-18-6-7-22(35-17(3)4)8-23(18)25(26,27)28/h6-9,15,17,19-20H,1,10-14H2,2-5H3. The fourth-order valence-corrected chi connectivity index (χ4v) is 4.88. The maximum Gasteiger partial charge on any atom is 0.416 e. The number of aromatic nitrogens is 2. The molecule has 2 saturated heterocycles. The summed E-state index contributed by atoms with van der Waals surface area (Å²) in [5.41, 5.74) is 1.20. The Balaban J connectivity index is 1.39. The quantitative estimate of drug-likeness (QED) is 0.587. The first kappa shape index (κ1) is 25.1. The van der Waals surface area contributed by atoms with Crippen molar-refractivity contribution in [1.29, 1.82) is 0 Å². The van der Waals surface area contributed by atoms with Gasteiger partial charge in [-0.05, 0) is 50.3 Å². The number of halogens is 3. The smallest absolute Gasteiger partial charge is 0.416 e. The summed E-state index contributed by atoms with van der Waals surface area (Å²) in [6, 6.07) is 4.02. The molecule has 2 unspecified atom stereocenters. The Hall–Kier alpha value is -3.01. The average Bonchev–Trinajstić information content (AvgIpc) is 3.47. The lowest BCUT2D eigenvalue weighted by Gasteiger charge is -2.23. The van der Waals surface area contributed by atoms with Crippen molar-refractivity contribution in [2.45, 2.75) is 39.6 Å². The number of amides is 1. The molecule has 1 aromatic heterocycles. The second kappa shape index (κ2) is 9.56. The minimum atomic E-state index is -4.45. The summed E-state index contributed by atoms with van der Waals surface area (Å²) >= 11 is 0. The normalized spacial score (nSPS) is 20.4. The fourth-order valence-electron chi connectivity index (χ4n) is 4.88. The van der Waals surface area contributed by atoms with Crippen LogP contribution in [0.5, 0.6) is 5.75 Å². The first-order valence-corrected chi connectivity index (χ1v) is 11.7. The zero-order valence-electron chi connectivity index (χ0n) is 20.5. The zero-order valence-corrected chi connectivity index (χ0v) is 20.5. The van der Waals surface area contributed by atoms with E-state index in [0.29, 0.717) is 26.2 Å². The van der Waals surface area contributed by atoms with Gasteiger partial charge in [0.15, 0.2) is 0 Å². The van der Waals surface area contributed by atoms with Crippen molar-refractivity contribution in [3.8, 4) is 5.75 Å². The second-order valence-electron chi connectivity index (χ2n) is 9.82. The number of ether oxygens (including phenoxy) is 1. The molecule has 0 aliphatic carbocycles. The van der Waals surface area contributed by atoms with Crippen LogP contribution < -0.4 is 9.64 Å². The van der Waals surface area contributed by atoms with Crippen molar-refractivity contribution >= 4 is 11.7 Å². The van der Waals surface area contributed by atoms with Crippen molar-refractivity contribution in [3.63, 3.8) is 0 Å². The highest BCUT2D eigenvalue weighted by Gasteiger charge is 2.43. The highest BCUT2D eigenvalue weighted by atomic mass is 19.4. The van der Waals surface area contributed by atoms with Crippen molar-refractivity contribution in [1.82, 2.24) is 19.6 Å². The zero-order chi connectivity index (χ0) is 25.5. The third-order valence-corrected chi connectivity index (χ3v) is 6.71. The van der Waals surface area contributed by atoms with Gasteiger partial charge < -0.3 is 14.5 Å². The number of benzene rings is 1. The van der Waals surface area contributed by atoms with Crippen molar-refractivity contribution in [3.05, 3.63) is 54.0 Å². The number of carbonyl (C=O) groups excluding carboxylic acids is 1. The van der Waals surface area contributed by atoms with E-state index in [4.69, 9.17) is 4.74 Å². The first-order chi connectivity index (χ1) is 16.4. The van der Waals surface area contributed by atoms with Crippen LogP contribution in [0.2, 0.25) is 0 Å². The van der Waals surface area contributed by atoms with E-state index in [2.05, 4.69) is 16.6 Å². The van der Waals surface area contributed by atoms with Gasteiger partial charge in [0, 0.05) is 45.5 Å². The molecule has 0 spiro atoms. The first-order valence-electron chi connectivity index (χ1n) is 11.7. The van der Waals surface area contributed by atoms with Gasteiger partial charge in [-0.25, -0.2) is 4.79 Å². The molecular formula is C25H32F3N5O2. The minimum absolute atomic E-state index is 0.188. The Morgan fingerprint density at radius 2 is 1.89 bits per heavy atom. The molecule has 0 saturated carbocycles. The molecule has 190 valence electrons. The third kappa shape index (κ3) is 5.47. The summed E-state index contributed by atoms with van der Waals surface area (Å²) in [7, 11) is 1.86. The van der Waals surface area contributed by atoms with E-state index in [0.717, 1.165) is 17.5 Å². The Kier molecular flexibility index (Phi) is 6.86. The predicted molar refractivity (Wildman–Crippen MR) is 127 cm³/mol. The SMILES string of the molecule is C=C(C)N(C)c1cnn(C(=O)N2CC3CN(Cc4ccc(OC(C)C)cc4C(F)(F)F)CC3C2)c1. The fraction of sp³-hybridized carbons (Fsp3) is 0.520. The van der Waals surface area contributed by atoms with Crippen molar-refractivity contribution in [2.75, 3.05) is 38.1 Å². The van der Waals surface area contributed by atoms with Gasteiger partial charge >= 0.3 is 12.2 Å². The summed E-state index contributed by atoms with van der Waals surface area (Å²) in [6.07, 6.45) is -1.35. The molecule has 4 rings (SSSR count). The molecule has 0 bridgehead atoms. The number of nitrogens with zero attached hydrogens (tertiary/aromatic N) is 5. The monoisotopic (exact) mass is 491 g/mol. The van der Waals surface area contributed by atoms with Crippen LogP contribution in [0, 0.1) is 11.8 Å². The van der Waals surface area contributed by atoms with Gasteiger partial charge in [0.1, 0.15) is 5.75 Å². The van der Waals surface area contributed by atoms with Gasteiger partial charge in [-0.3, -0.25) is 4.90 Å². The van der Waals surface area contributed by atoms with E-state index < -0.39 is 11.7 Å². The molecule has 2 aliphatic rings. The molecule has 2 fully saturated rings. The van der Waals surface area contributed by atoms with Gasteiger partial charge in [0.25, 0.3) is 0 Å². The third-order valence-electron chi connectivity index (χ3n) is 6.71. The summed E-state index contributed by atoms with van der Waals surface area (Å²) in [5.74, 6) is 0.676. The topological polar surface area (TPSA) is 53.8 Å². The molecule has 35 heavy (non-hydrogen) atoms. The number of hydrogen-bond donors (Lipinski definition) is 0. The molecule has 2 aromatic rings. The maximum atomic E-state index is 13.7. The van der Waals surface area contributed by atoms with E-state index in [1.54, 1.807) is 37.2 Å². The number of anilines is 1. The van der Waals surface area contributed by atoms with Crippen molar-refractivity contribution in [2.24, 2.45) is 11.8 Å². The van der Waals surface area contributed by atoms with Crippen LogP contribution in [0.3, 0.4) is 0 Å². The molecule has 10 heteroatoms. The van der Waals surface area contributed by atoms with Crippen LogP contribution in [0.1, 0.15) is 31.9 Å². The molecule has 1 amide bonds. The lowest BCUT2D eigenvalue weighted by atomic mass is 10.0. The van der Waals surface area contributed by atoms with Crippen LogP contribution in [0.25, 0.3) is 0 Å². The molecule has 3 heterocycles. The predicted octanol–water partition coefficient (Wildman–Crippen LogP) is 4.69. The molecule has 1 aromatic carbocycles. The van der Waals surface area contributed by atoms with E-state index >= 15 is 0 Å². The number of hydrogen-bond acceptors (Lipinski definition) is 5. The van der Waals surface area contributed by atoms with Gasteiger partial charge in [0.2, 0.25) is 0 Å². The van der Waals surface area contributed by atoms with E-state index in [1.165, 1.54) is 10.7 Å². The summed E-state index contributed by atoms with van der Waals surface area (Å²) in [5, 5.41) is 4.20. The molecule has 2 aliphatic heterocycles. The average molecular weight is 492 g/mol. The summed E-state index contributed by atoms with van der Waals surface area (Å²) in [6.45, 7) is 12.0. The summed E-state index contributed by atoms with van der Waals surface area (Å²) in [4.78, 5) is 18.6. The number of allylic oxidation sites excluding steroid dienone is 1. The molecule has 2 atom stereocenters. The van der Waals surface area contributed by atoms with Gasteiger partial charge in [0.05, 0.1) is 29.7 Å². The Morgan fingerprint density at radius 1 is 1.23 bits per heavy atom. The van der Waals surface area contributed by atoms with Crippen molar-refractivity contribution < 1.29 is 22.7 Å². The molecular weight excluding hydrogens is 459 g/mol. The molecule has 0 N–H and O–H groups in total. The largest absolute Gasteiger partial charge is 0.491 e. The Labute approximate surface area is 203 Å². The van der Waals surface area contributed by atoms with E-state index in [1.807, 2.05) is 18.9 Å². The maximum absolute atomic E-state index is 13.7. The number of likely N-dealkylation sites (tertiary alicyclic amines) is 2. The lowest BCUT2D eigenvalue weighted by Crippen LogP contribution is -2.36. The van der Waals surface area contributed by atoms with Crippen LogP contribution in [-0.2, 0) is 12.7 Å². The van der Waals surface area contributed by atoms with Crippen LogP contribution in [0.4, 0.5) is 23.7 Å². The van der Waals surface area contributed by atoms with Gasteiger partial charge in [-0.2, -0.15) is 23.0 Å². The highest BCUT2D eigenvalue weighted by Crippen LogP contribution is 2.37. The number of fused-ring (bicyclic) bond motifs is 1. The van der Waals surface area contributed by atoms with Crippen LogP contribution >= 0.6 is 0 Å². The van der Waals surface area contributed by atoms with E-state index in [-0.39, 0.29) is 41.8 Å². The molecule has 7 nitrogen and oxygen atoms in total. The van der Waals surface area contributed by atoms with Crippen LogP contribution in [0.15, 0.2) is 42.9 Å². The number of carbonyl (C=O) groups is 1.